The predicted octanol–water partition coefficient (Wildman–Crippen LogP) is 19.6. The van der Waals surface area contributed by atoms with Crippen LogP contribution in [0.1, 0.15) is 50.5 Å². The van der Waals surface area contributed by atoms with E-state index in [2.05, 4.69) is 280 Å². The predicted molar refractivity (Wildman–Crippen MR) is 321 cm³/mol. The molecule has 0 saturated carbocycles. The Kier molecular flexibility index (Phi) is 11.7. The minimum absolute atomic E-state index is 0.915. The first kappa shape index (κ1) is 46.2. The topological polar surface area (TPSA) is 57.4 Å². The Labute approximate surface area is 444 Å². The second kappa shape index (κ2) is 19.3. The van der Waals surface area contributed by atoms with Gasteiger partial charge in [-0.3, -0.25) is 0 Å². The highest BCUT2D eigenvalue weighted by molar-refractivity contribution is 6.17. The molecule has 8 aromatic carbocycles. The minimum atomic E-state index is 0.915. The maximum absolute atomic E-state index is 6.05. The zero-order valence-corrected chi connectivity index (χ0v) is 43.0. The molecule has 8 bridgehead atoms. The number of fused-ring (bicyclic) bond motifs is 8. The number of allylic oxidation sites excluding steroid dienone is 4. The SMILES string of the molecule is CC1=C(C)c2nc1c(-c1ccccc1)c1[nH]c(c(-c3ccccc3)c3nc(c(-c4ccccc4)c4[nH]c(c2-c2ccccc2)c(-c2ccccc2)c4-c2ccccc2)C(C)=C3C)c(-c2ccccc2)c1-c1ccccc1. The molecule has 76 heavy (non-hydrogen) atoms. The van der Waals surface area contributed by atoms with Crippen molar-refractivity contribution in [2.75, 3.05) is 0 Å². The molecule has 2 aliphatic heterocycles. The molecule has 0 amide bonds. The van der Waals surface area contributed by atoms with Crippen LogP contribution in [0.5, 0.6) is 0 Å². The molecule has 0 radical (unpaired) electrons. The molecule has 3 aromatic heterocycles. The van der Waals surface area contributed by atoms with Crippen LogP contribution in [-0.2, 0) is 0 Å². The zero-order valence-electron chi connectivity index (χ0n) is 43.0. The summed E-state index contributed by atoms with van der Waals surface area (Å²) in [7, 11) is 0. The van der Waals surface area contributed by atoms with Crippen LogP contribution in [0.4, 0.5) is 0 Å². The average molecular weight is 975 g/mol. The minimum Gasteiger partial charge on any atom is -0.353 e. The molecule has 0 spiro atoms. The van der Waals surface area contributed by atoms with Gasteiger partial charge in [-0.05, 0) is 94.5 Å². The van der Waals surface area contributed by atoms with Gasteiger partial charge in [-0.1, -0.05) is 243 Å². The molecule has 11 aromatic rings. The first-order valence-electron chi connectivity index (χ1n) is 26.2. The third-order valence-electron chi connectivity index (χ3n) is 15.4. The third-order valence-corrected chi connectivity index (χ3v) is 15.4. The van der Waals surface area contributed by atoms with Gasteiger partial charge < -0.3 is 9.97 Å². The number of hydrogen-bond donors (Lipinski definition) is 2. The Bertz CT molecular complexity index is 3690. The molecule has 0 unspecified atom stereocenters. The van der Waals surface area contributed by atoms with Crippen molar-refractivity contribution in [1.29, 1.82) is 0 Å². The van der Waals surface area contributed by atoms with Crippen LogP contribution in [0.2, 0.25) is 0 Å². The summed E-state index contributed by atoms with van der Waals surface area (Å²) in [4.78, 5) is 20.7. The number of nitrogens with zero attached hydrogens (tertiary/aromatic N) is 2. The summed E-state index contributed by atoms with van der Waals surface area (Å²) >= 11 is 0. The number of rotatable bonds is 8. The van der Waals surface area contributed by atoms with Crippen LogP contribution in [-0.4, -0.2) is 19.9 Å². The van der Waals surface area contributed by atoms with Crippen LogP contribution in [0, 0.1) is 0 Å². The molecule has 0 saturated heterocycles. The van der Waals surface area contributed by atoms with Gasteiger partial charge in [-0.2, -0.15) is 0 Å². The lowest BCUT2D eigenvalue weighted by atomic mass is 9.89. The number of aromatic nitrogens is 4. The zero-order chi connectivity index (χ0) is 51.3. The first-order valence-corrected chi connectivity index (χ1v) is 26.2. The summed E-state index contributed by atoms with van der Waals surface area (Å²) in [6.07, 6.45) is 0. The first-order chi connectivity index (χ1) is 37.4. The Hall–Kier alpha value is -9.64. The van der Waals surface area contributed by atoms with Crippen molar-refractivity contribution >= 4 is 44.4 Å². The third kappa shape index (κ3) is 7.77. The Morgan fingerprint density at radius 1 is 0.197 bits per heavy atom. The average Bonchev–Trinajstić information content (AvgIpc) is 4.30. The summed E-state index contributed by atoms with van der Waals surface area (Å²) in [6, 6.07) is 86.9. The van der Waals surface area contributed by atoms with Crippen LogP contribution in [0.3, 0.4) is 0 Å². The molecule has 0 aliphatic carbocycles. The van der Waals surface area contributed by atoms with E-state index in [4.69, 9.17) is 9.97 Å². The summed E-state index contributed by atoms with van der Waals surface area (Å²) in [5, 5.41) is 0. The monoisotopic (exact) mass is 974 g/mol. The van der Waals surface area contributed by atoms with Crippen LogP contribution < -0.4 is 0 Å². The normalized spacial score (nSPS) is 12.4. The number of hydrogen-bond acceptors (Lipinski definition) is 2. The van der Waals surface area contributed by atoms with E-state index in [0.717, 1.165) is 156 Å². The smallest absolute Gasteiger partial charge is 0.0769 e. The molecule has 13 rings (SSSR count). The Balaban J connectivity index is 1.41. The lowest BCUT2D eigenvalue weighted by Crippen LogP contribution is -1.91. The van der Waals surface area contributed by atoms with E-state index in [9.17, 15) is 0 Å². The lowest BCUT2D eigenvalue weighted by molar-refractivity contribution is 1.29. The van der Waals surface area contributed by atoms with Gasteiger partial charge in [0.1, 0.15) is 0 Å². The van der Waals surface area contributed by atoms with Crippen LogP contribution >= 0.6 is 0 Å². The van der Waals surface area contributed by atoms with Gasteiger partial charge in [0, 0.05) is 44.5 Å². The van der Waals surface area contributed by atoms with Crippen LogP contribution in [0.15, 0.2) is 243 Å². The summed E-state index contributed by atoms with van der Waals surface area (Å²) < 4.78 is 0. The van der Waals surface area contributed by atoms with Gasteiger partial charge in [0.25, 0.3) is 0 Å². The number of H-pyrrole nitrogens is 2. The summed E-state index contributed by atoms with van der Waals surface area (Å²) in [5.74, 6) is 0. The number of nitrogens with one attached hydrogen (secondary N) is 2. The van der Waals surface area contributed by atoms with E-state index in [1.54, 1.807) is 0 Å². The van der Waals surface area contributed by atoms with Crippen molar-refractivity contribution < 1.29 is 0 Å². The van der Waals surface area contributed by atoms with Crippen molar-refractivity contribution in [3.63, 3.8) is 0 Å². The van der Waals surface area contributed by atoms with E-state index in [-0.39, 0.29) is 0 Å². The standard InChI is InChI=1S/C72H54N4/c1-45-46(2)66-62(54-39-23-10-24-40-54)70-59(51-33-17-7-18-34-51)60(52-35-19-8-20-36-52)72(76-70)64(56-43-27-12-28-44-56)68-48(4)47(3)67(74-68)63(55-41-25-11-26-42-55)71-58(50-31-15-6-16-32-50)57(49-29-13-5-14-30-49)69(75-71)61(65(45)73-66)53-37-21-9-22-38-53/h5-44,75-76H,1-4H3. The van der Waals surface area contributed by atoms with Gasteiger partial charge in [-0.15, -0.1) is 0 Å². The van der Waals surface area contributed by atoms with E-state index < -0.39 is 0 Å². The van der Waals surface area contributed by atoms with Crippen molar-refractivity contribution in [3.8, 4) is 89.0 Å². The molecule has 0 fully saturated rings. The fourth-order valence-corrected chi connectivity index (χ4v) is 11.6. The summed E-state index contributed by atoms with van der Waals surface area (Å²) in [5.41, 5.74) is 29.1. The molecule has 0 atom stereocenters. The van der Waals surface area contributed by atoms with E-state index >= 15 is 0 Å². The number of benzene rings is 8. The molecule has 4 heteroatoms. The van der Waals surface area contributed by atoms with Crippen molar-refractivity contribution in [2.45, 2.75) is 27.7 Å². The maximum Gasteiger partial charge on any atom is 0.0769 e. The number of aromatic amines is 2. The second-order valence-corrected chi connectivity index (χ2v) is 19.8. The molecule has 2 N–H and O–H groups in total. The highest BCUT2D eigenvalue weighted by Crippen LogP contribution is 2.53. The maximum atomic E-state index is 6.05. The second-order valence-electron chi connectivity index (χ2n) is 19.8. The van der Waals surface area contributed by atoms with E-state index in [0.29, 0.717) is 0 Å². The van der Waals surface area contributed by atoms with Gasteiger partial charge >= 0.3 is 0 Å². The van der Waals surface area contributed by atoms with Crippen molar-refractivity contribution in [1.82, 2.24) is 19.9 Å². The molecular weight excluding hydrogens is 921 g/mol. The fraction of sp³-hybridized carbons (Fsp3) is 0.0556. The van der Waals surface area contributed by atoms with Crippen molar-refractivity contribution in [3.05, 3.63) is 265 Å². The molecule has 362 valence electrons. The van der Waals surface area contributed by atoms with Gasteiger partial charge in [-0.25, -0.2) is 9.97 Å². The molecule has 4 nitrogen and oxygen atoms in total. The van der Waals surface area contributed by atoms with E-state index in [1.807, 2.05) is 0 Å². The Morgan fingerprint density at radius 3 is 0.500 bits per heavy atom. The van der Waals surface area contributed by atoms with Gasteiger partial charge in [0.05, 0.1) is 44.8 Å². The van der Waals surface area contributed by atoms with Crippen molar-refractivity contribution in [2.24, 2.45) is 0 Å². The molecule has 2 aliphatic rings. The van der Waals surface area contributed by atoms with Crippen LogP contribution in [0.25, 0.3) is 133 Å². The molecular formula is C72H54N4. The highest BCUT2D eigenvalue weighted by Gasteiger charge is 2.31. The fourth-order valence-electron chi connectivity index (χ4n) is 11.6. The Morgan fingerprint density at radius 2 is 0.342 bits per heavy atom. The largest absolute Gasteiger partial charge is 0.353 e. The van der Waals surface area contributed by atoms with E-state index in [1.165, 1.54) is 0 Å². The lowest BCUT2D eigenvalue weighted by Gasteiger charge is -2.12. The van der Waals surface area contributed by atoms with Gasteiger partial charge in [0.2, 0.25) is 0 Å². The van der Waals surface area contributed by atoms with Gasteiger partial charge in [0.15, 0.2) is 0 Å². The summed E-state index contributed by atoms with van der Waals surface area (Å²) in [6.45, 7) is 9.01. The molecule has 5 heterocycles. The quantitative estimate of drug-likeness (QED) is 0.159. The highest BCUT2D eigenvalue weighted by atomic mass is 14.8.